The van der Waals surface area contributed by atoms with E-state index in [1.165, 1.54) is 18.4 Å². The molecule has 1 heterocycles. The van der Waals surface area contributed by atoms with Gasteiger partial charge in [0.2, 0.25) is 5.91 Å². The maximum Gasteiger partial charge on any atom is 0.253 e. The minimum Gasteiger partial charge on any atom is -0.486 e. The van der Waals surface area contributed by atoms with Gasteiger partial charge in [0, 0.05) is 25.1 Å². The average molecular weight is 329 g/mol. The summed E-state index contributed by atoms with van der Waals surface area (Å²) in [6.45, 7) is -0.00414. The molecule has 0 saturated carbocycles. The van der Waals surface area contributed by atoms with Crippen molar-refractivity contribution in [3.8, 4) is 5.75 Å². The molecule has 124 valence electrons. The Labute approximate surface area is 137 Å². The lowest BCUT2D eigenvalue weighted by atomic mass is 10.2. The SMILES string of the molecule is O=CCOc1ccc(/C=N/NC(=O)CCN2C(=O)C=CC2=O)cc1. The van der Waals surface area contributed by atoms with E-state index in [2.05, 4.69) is 10.5 Å². The number of aldehydes is 1. The smallest absolute Gasteiger partial charge is 0.253 e. The molecular weight excluding hydrogens is 314 g/mol. The third kappa shape index (κ3) is 4.87. The van der Waals surface area contributed by atoms with Gasteiger partial charge in [0.15, 0.2) is 6.29 Å². The Morgan fingerprint density at radius 1 is 1.17 bits per heavy atom. The molecule has 1 aliphatic rings. The van der Waals surface area contributed by atoms with E-state index in [4.69, 9.17) is 4.74 Å². The third-order valence-corrected chi connectivity index (χ3v) is 3.06. The van der Waals surface area contributed by atoms with Crippen LogP contribution in [0.4, 0.5) is 0 Å². The van der Waals surface area contributed by atoms with Gasteiger partial charge in [0.1, 0.15) is 12.4 Å². The van der Waals surface area contributed by atoms with Crippen molar-refractivity contribution in [1.29, 1.82) is 0 Å². The van der Waals surface area contributed by atoms with E-state index < -0.39 is 17.7 Å². The lowest BCUT2D eigenvalue weighted by Gasteiger charge is -2.12. The van der Waals surface area contributed by atoms with Crippen LogP contribution in [0.15, 0.2) is 41.5 Å². The highest BCUT2D eigenvalue weighted by Crippen LogP contribution is 2.10. The number of ether oxygens (including phenoxy) is 1. The Bertz CT molecular complexity index is 676. The van der Waals surface area contributed by atoms with Gasteiger partial charge in [-0.1, -0.05) is 0 Å². The number of nitrogens with one attached hydrogen (secondary N) is 1. The van der Waals surface area contributed by atoms with E-state index >= 15 is 0 Å². The summed E-state index contributed by atoms with van der Waals surface area (Å²) in [6, 6.07) is 6.76. The topological polar surface area (TPSA) is 105 Å². The molecule has 1 aromatic rings. The van der Waals surface area contributed by atoms with Crippen LogP contribution < -0.4 is 10.2 Å². The highest BCUT2D eigenvalue weighted by atomic mass is 16.5. The number of carbonyl (C=O) groups excluding carboxylic acids is 4. The van der Waals surface area contributed by atoms with Gasteiger partial charge in [-0.15, -0.1) is 0 Å². The normalized spacial score (nSPS) is 13.6. The molecule has 0 saturated heterocycles. The van der Waals surface area contributed by atoms with Crippen LogP contribution in [0.1, 0.15) is 12.0 Å². The van der Waals surface area contributed by atoms with E-state index in [9.17, 15) is 19.2 Å². The largest absolute Gasteiger partial charge is 0.486 e. The van der Waals surface area contributed by atoms with Gasteiger partial charge < -0.3 is 4.74 Å². The molecule has 0 fully saturated rings. The number of benzene rings is 1. The maximum atomic E-state index is 11.6. The van der Waals surface area contributed by atoms with Gasteiger partial charge >= 0.3 is 0 Å². The molecule has 0 unspecified atom stereocenters. The molecule has 1 aliphatic heterocycles. The van der Waals surface area contributed by atoms with Crippen molar-refractivity contribution < 1.29 is 23.9 Å². The quantitative estimate of drug-likeness (QED) is 0.313. The van der Waals surface area contributed by atoms with Crippen LogP contribution in [-0.4, -0.2) is 48.3 Å². The Kier molecular flexibility index (Phi) is 5.95. The van der Waals surface area contributed by atoms with Crippen LogP contribution in [0.3, 0.4) is 0 Å². The zero-order chi connectivity index (χ0) is 17.4. The molecule has 8 heteroatoms. The fourth-order valence-corrected chi connectivity index (χ4v) is 1.88. The molecule has 0 bridgehead atoms. The number of carbonyl (C=O) groups is 4. The molecule has 0 aromatic heterocycles. The minimum absolute atomic E-state index is 0.00872. The number of rotatable bonds is 8. The Morgan fingerprint density at radius 3 is 2.46 bits per heavy atom. The second kappa shape index (κ2) is 8.37. The molecule has 8 nitrogen and oxygen atoms in total. The van der Waals surface area contributed by atoms with E-state index in [0.29, 0.717) is 12.0 Å². The van der Waals surface area contributed by atoms with Crippen LogP contribution in [0, 0.1) is 0 Å². The molecule has 3 amide bonds. The summed E-state index contributed by atoms with van der Waals surface area (Å²) in [5, 5.41) is 3.79. The summed E-state index contributed by atoms with van der Waals surface area (Å²) in [5.74, 6) is -0.706. The highest BCUT2D eigenvalue weighted by Gasteiger charge is 2.23. The predicted molar refractivity (Wildman–Crippen MR) is 84.2 cm³/mol. The summed E-state index contributed by atoms with van der Waals surface area (Å²) in [5.41, 5.74) is 3.04. The standard InChI is InChI=1S/C16H15N3O5/c20-9-10-24-13-3-1-12(2-4-13)11-17-18-14(21)7-8-19-15(22)5-6-16(19)23/h1-6,9,11H,7-8,10H2,(H,18,21)/b17-11+. The summed E-state index contributed by atoms with van der Waals surface area (Å²) < 4.78 is 5.10. The number of imide groups is 1. The lowest BCUT2D eigenvalue weighted by Crippen LogP contribution is -2.33. The molecule has 1 N–H and O–H groups in total. The first-order valence-electron chi connectivity index (χ1n) is 7.12. The number of amides is 3. The van der Waals surface area contributed by atoms with Crippen molar-refractivity contribution in [2.24, 2.45) is 5.10 Å². The molecule has 0 radical (unpaired) electrons. The summed E-state index contributed by atoms with van der Waals surface area (Å²) in [4.78, 5) is 45.4. The Hall–Kier alpha value is -3.29. The fraction of sp³-hybridized carbons (Fsp3) is 0.188. The number of nitrogens with zero attached hydrogens (tertiary/aromatic N) is 2. The summed E-state index contributed by atoms with van der Waals surface area (Å²) >= 11 is 0. The van der Waals surface area contributed by atoms with E-state index in [-0.39, 0.29) is 19.6 Å². The molecule has 2 rings (SSSR count). The van der Waals surface area contributed by atoms with Crippen molar-refractivity contribution >= 4 is 30.2 Å². The molecule has 0 atom stereocenters. The van der Waals surface area contributed by atoms with Crippen molar-refractivity contribution in [3.05, 3.63) is 42.0 Å². The lowest BCUT2D eigenvalue weighted by molar-refractivity contribution is -0.137. The van der Waals surface area contributed by atoms with Gasteiger partial charge in [-0.25, -0.2) is 5.43 Å². The first kappa shape index (κ1) is 17.1. The van der Waals surface area contributed by atoms with E-state index in [1.54, 1.807) is 24.3 Å². The van der Waals surface area contributed by atoms with Gasteiger partial charge in [0.05, 0.1) is 6.21 Å². The van der Waals surface area contributed by atoms with Crippen molar-refractivity contribution in [2.75, 3.05) is 13.2 Å². The van der Waals surface area contributed by atoms with Gasteiger partial charge in [0.25, 0.3) is 11.8 Å². The molecule has 1 aromatic carbocycles. The Balaban J connectivity index is 1.74. The molecular formula is C16H15N3O5. The van der Waals surface area contributed by atoms with Crippen LogP contribution in [-0.2, 0) is 19.2 Å². The summed E-state index contributed by atoms with van der Waals surface area (Å²) in [6.07, 6.45) is 4.40. The fourth-order valence-electron chi connectivity index (χ4n) is 1.88. The van der Waals surface area contributed by atoms with E-state index in [1.807, 2.05) is 0 Å². The zero-order valence-corrected chi connectivity index (χ0v) is 12.7. The van der Waals surface area contributed by atoms with Crippen LogP contribution in [0.25, 0.3) is 0 Å². The maximum absolute atomic E-state index is 11.6. The summed E-state index contributed by atoms with van der Waals surface area (Å²) in [7, 11) is 0. The predicted octanol–water partition coefficient (Wildman–Crippen LogP) is 0.0295. The Morgan fingerprint density at radius 2 is 1.83 bits per heavy atom. The third-order valence-electron chi connectivity index (χ3n) is 3.06. The van der Waals surface area contributed by atoms with Gasteiger partial charge in [-0.05, 0) is 29.8 Å². The van der Waals surface area contributed by atoms with Crippen molar-refractivity contribution in [3.63, 3.8) is 0 Å². The van der Waals surface area contributed by atoms with E-state index in [0.717, 1.165) is 10.5 Å². The van der Waals surface area contributed by atoms with Crippen LogP contribution in [0.2, 0.25) is 0 Å². The second-order valence-corrected chi connectivity index (χ2v) is 4.75. The monoisotopic (exact) mass is 329 g/mol. The first-order valence-corrected chi connectivity index (χ1v) is 7.12. The zero-order valence-electron chi connectivity index (χ0n) is 12.7. The minimum atomic E-state index is -0.423. The van der Waals surface area contributed by atoms with Gasteiger partial charge in [-0.3, -0.25) is 24.1 Å². The average Bonchev–Trinajstić information content (AvgIpc) is 2.90. The van der Waals surface area contributed by atoms with Crippen LogP contribution in [0.5, 0.6) is 5.75 Å². The molecule has 24 heavy (non-hydrogen) atoms. The van der Waals surface area contributed by atoms with Gasteiger partial charge in [-0.2, -0.15) is 5.10 Å². The van der Waals surface area contributed by atoms with Crippen LogP contribution >= 0.6 is 0 Å². The molecule has 0 spiro atoms. The second-order valence-electron chi connectivity index (χ2n) is 4.75. The molecule has 0 aliphatic carbocycles. The number of hydrogen-bond donors (Lipinski definition) is 1. The van der Waals surface area contributed by atoms with Crippen molar-refractivity contribution in [1.82, 2.24) is 10.3 Å². The highest BCUT2D eigenvalue weighted by molar-refractivity contribution is 6.13. The number of hydrogen-bond acceptors (Lipinski definition) is 6. The number of hydrazone groups is 1. The van der Waals surface area contributed by atoms with Crippen molar-refractivity contribution in [2.45, 2.75) is 6.42 Å². The first-order chi connectivity index (χ1) is 11.6.